The normalized spacial score (nSPS) is 12.4. The summed E-state index contributed by atoms with van der Waals surface area (Å²) in [6.45, 7) is 2.55. The second-order valence-corrected chi connectivity index (χ2v) is 6.20. The van der Waals surface area contributed by atoms with Gasteiger partial charge in [0.1, 0.15) is 18.1 Å². The maximum absolute atomic E-state index is 11.2. The van der Waals surface area contributed by atoms with Gasteiger partial charge in [-0.25, -0.2) is 0 Å². The van der Waals surface area contributed by atoms with E-state index in [0.29, 0.717) is 13.2 Å². The summed E-state index contributed by atoms with van der Waals surface area (Å²) in [6.07, 6.45) is 0. The fraction of sp³-hybridized carbons (Fsp3) is 0.200. The van der Waals surface area contributed by atoms with Crippen LogP contribution in [0.3, 0.4) is 0 Å². The molecule has 0 radical (unpaired) electrons. The first-order valence-electron chi connectivity index (χ1n) is 8.37. The van der Waals surface area contributed by atoms with E-state index in [4.69, 9.17) is 14.6 Å². The van der Waals surface area contributed by atoms with Gasteiger partial charge in [0.05, 0.1) is 25.0 Å². The molecule has 6 heteroatoms. The zero-order valence-corrected chi connectivity index (χ0v) is 14.7. The molecule has 2 aromatic carbocycles. The van der Waals surface area contributed by atoms with Gasteiger partial charge in [0, 0.05) is 29.8 Å². The standard InChI is InChI=1S/C20H19N3O3/c1-13(24)21-16-6-3-15-11-23-17(12-26-20(15)9-16)10-19(22-23)14-4-7-18(25-2)8-5-14/h3-10H,11-12H2,1-2H3,(H,21,24). The lowest BCUT2D eigenvalue weighted by atomic mass is 10.1. The summed E-state index contributed by atoms with van der Waals surface area (Å²) in [5, 5.41) is 7.51. The third-order valence-corrected chi connectivity index (χ3v) is 4.33. The Hall–Kier alpha value is -3.28. The molecule has 6 nitrogen and oxygen atoms in total. The minimum absolute atomic E-state index is 0.101. The first kappa shape index (κ1) is 16.2. The quantitative estimate of drug-likeness (QED) is 0.786. The van der Waals surface area contributed by atoms with Crippen molar-refractivity contribution < 1.29 is 14.3 Å². The number of carbonyl (C=O) groups excluding carboxylic acids is 1. The third-order valence-electron chi connectivity index (χ3n) is 4.33. The van der Waals surface area contributed by atoms with Gasteiger partial charge in [0.2, 0.25) is 5.91 Å². The van der Waals surface area contributed by atoms with Crippen LogP contribution in [0.5, 0.6) is 11.5 Å². The van der Waals surface area contributed by atoms with Gasteiger partial charge in [-0.15, -0.1) is 0 Å². The summed E-state index contributed by atoms with van der Waals surface area (Å²) >= 11 is 0. The topological polar surface area (TPSA) is 65.4 Å². The molecule has 1 amide bonds. The number of nitrogens with zero attached hydrogens (tertiary/aromatic N) is 2. The Morgan fingerprint density at radius 3 is 2.73 bits per heavy atom. The molecule has 1 N–H and O–H groups in total. The Balaban J connectivity index is 1.61. The number of nitrogens with one attached hydrogen (secondary N) is 1. The van der Waals surface area contributed by atoms with Crippen LogP contribution in [-0.2, 0) is 17.9 Å². The fourth-order valence-corrected chi connectivity index (χ4v) is 3.02. The predicted octanol–water partition coefficient (Wildman–Crippen LogP) is 3.46. The molecule has 0 aliphatic carbocycles. The van der Waals surface area contributed by atoms with Crippen LogP contribution in [0.25, 0.3) is 11.3 Å². The molecule has 3 aromatic rings. The second-order valence-electron chi connectivity index (χ2n) is 6.20. The molecule has 4 rings (SSSR count). The van der Waals surface area contributed by atoms with Crippen LogP contribution in [0.1, 0.15) is 18.2 Å². The van der Waals surface area contributed by atoms with Gasteiger partial charge in [-0.2, -0.15) is 5.10 Å². The summed E-state index contributed by atoms with van der Waals surface area (Å²) in [7, 11) is 1.65. The minimum Gasteiger partial charge on any atom is -0.497 e. The first-order chi connectivity index (χ1) is 12.6. The number of anilines is 1. The highest BCUT2D eigenvalue weighted by molar-refractivity contribution is 5.88. The Kier molecular flexibility index (Phi) is 4.08. The molecular weight excluding hydrogens is 330 g/mol. The number of amides is 1. The average Bonchev–Trinajstić information content (AvgIpc) is 2.96. The molecule has 0 saturated heterocycles. The van der Waals surface area contributed by atoms with E-state index in [1.165, 1.54) is 6.92 Å². The molecule has 1 aliphatic heterocycles. The SMILES string of the molecule is COc1ccc(-c2cc3n(n2)Cc2ccc(NC(C)=O)cc2OC3)cc1. The minimum atomic E-state index is -0.101. The van der Waals surface area contributed by atoms with Crippen molar-refractivity contribution in [1.29, 1.82) is 0 Å². The molecule has 0 spiro atoms. The summed E-state index contributed by atoms with van der Waals surface area (Å²) in [5.41, 5.74) is 4.71. The highest BCUT2D eigenvalue weighted by Crippen LogP contribution is 2.30. The van der Waals surface area contributed by atoms with E-state index in [0.717, 1.165) is 39.7 Å². The van der Waals surface area contributed by atoms with Crippen LogP contribution in [0.15, 0.2) is 48.5 Å². The van der Waals surface area contributed by atoms with Crippen molar-refractivity contribution in [3.05, 3.63) is 59.8 Å². The van der Waals surface area contributed by atoms with Crippen molar-refractivity contribution in [2.75, 3.05) is 12.4 Å². The summed E-state index contributed by atoms with van der Waals surface area (Å²) in [5.74, 6) is 1.49. The van der Waals surface area contributed by atoms with Gasteiger partial charge in [-0.1, -0.05) is 6.07 Å². The molecule has 26 heavy (non-hydrogen) atoms. The van der Waals surface area contributed by atoms with E-state index in [9.17, 15) is 4.79 Å². The lowest BCUT2D eigenvalue weighted by Gasteiger charge is -2.09. The second kappa shape index (κ2) is 6.55. The summed E-state index contributed by atoms with van der Waals surface area (Å²) < 4.78 is 13.1. The van der Waals surface area contributed by atoms with Crippen LogP contribution in [0.2, 0.25) is 0 Å². The molecule has 0 unspecified atom stereocenters. The van der Waals surface area contributed by atoms with Crippen LogP contribution in [0, 0.1) is 0 Å². The molecule has 1 aromatic heterocycles. The van der Waals surface area contributed by atoms with Gasteiger partial charge in [0.25, 0.3) is 0 Å². The number of benzene rings is 2. The van der Waals surface area contributed by atoms with Gasteiger partial charge in [0.15, 0.2) is 0 Å². The number of hydrogen-bond acceptors (Lipinski definition) is 4. The molecular formula is C20H19N3O3. The largest absolute Gasteiger partial charge is 0.497 e. The zero-order chi connectivity index (χ0) is 18.1. The van der Waals surface area contributed by atoms with Gasteiger partial charge >= 0.3 is 0 Å². The third kappa shape index (κ3) is 3.13. The summed E-state index contributed by atoms with van der Waals surface area (Å²) in [4.78, 5) is 11.2. The van der Waals surface area contributed by atoms with E-state index in [2.05, 4.69) is 5.32 Å². The molecule has 1 aliphatic rings. The van der Waals surface area contributed by atoms with E-state index in [1.54, 1.807) is 7.11 Å². The van der Waals surface area contributed by atoms with Crippen molar-refractivity contribution in [3.63, 3.8) is 0 Å². The van der Waals surface area contributed by atoms with E-state index in [-0.39, 0.29) is 5.91 Å². The Bertz CT molecular complexity index is 961. The highest BCUT2D eigenvalue weighted by Gasteiger charge is 2.17. The number of ether oxygens (including phenoxy) is 2. The summed E-state index contributed by atoms with van der Waals surface area (Å²) in [6, 6.07) is 15.6. The van der Waals surface area contributed by atoms with E-state index in [1.807, 2.05) is 53.2 Å². The zero-order valence-electron chi connectivity index (χ0n) is 14.7. The Labute approximate surface area is 151 Å². The molecule has 0 bridgehead atoms. The average molecular weight is 349 g/mol. The number of methoxy groups -OCH3 is 1. The van der Waals surface area contributed by atoms with Crippen molar-refractivity contribution in [2.24, 2.45) is 0 Å². The highest BCUT2D eigenvalue weighted by atomic mass is 16.5. The van der Waals surface area contributed by atoms with E-state index < -0.39 is 0 Å². The van der Waals surface area contributed by atoms with Gasteiger partial charge in [-0.3, -0.25) is 9.48 Å². The van der Waals surface area contributed by atoms with E-state index >= 15 is 0 Å². The molecule has 2 heterocycles. The number of rotatable bonds is 3. The maximum Gasteiger partial charge on any atom is 0.221 e. The number of hydrogen-bond donors (Lipinski definition) is 1. The van der Waals surface area contributed by atoms with Crippen molar-refractivity contribution >= 4 is 11.6 Å². The molecule has 0 saturated carbocycles. The van der Waals surface area contributed by atoms with Crippen molar-refractivity contribution in [1.82, 2.24) is 9.78 Å². The lowest BCUT2D eigenvalue weighted by Crippen LogP contribution is -2.06. The number of carbonyl (C=O) groups is 1. The van der Waals surface area contributed by atoms with Crippen LogP contribution < -0.4 is 14.8 Å². The Morgan fingerprint density at radius 1 is 1.19 bits per heavy atom. The van der Waals surface area contributed by atoms with Gasteiger partial charge < -0.3 is 14.8 Å². The predicted molar refractivity (Wildman–Crippen MR) is 98.4 cm³/mol. The molecule has 0 fully saturated rings. The first-order valence-corrected chi connectivity index (χ1v) is 8.37. The molecule has 132 valence electrons. The van der Waals surface area contributed by atoms with Gasteiger partial charge in [-0.05, 0) is 36.4 Å². The van der Waals surface area contributed by atoms with Crippen LogP contribution in [0.4, 0.5) is 5.69 Å². The maximum atomic E-state index is 11.2. The smallest absolute Gasteiger partial charge is 0.221 e. The fourth-order valence-electron chi connectivity index (χ4n) is 3.02. The number of aromatic nitrogens is 2. The van der Waals surface area contributed by atoms with Crippen molar-refractivity contribution in [2.45, 2.75) is 20.1 Å². The monoisotopic (exact) mass is 349 g/mol. The lowest BCUT2D eigenvalue weighted by molar-refractivity contribution is -0.114. The van der Waals surface area contributed by atoms with Crippen LogP contribution >= 0.6 is 0 Å². The van der Waals surface area contributed by atoms with Crippen molar-refractivity contribution in [3.8, 4) is 22.8 Å². The Morgan fingerprint density at radius 2 is 2.00 bits per heavy atom. The molecule has 0 atom stereocenters. The number of fused-ring (bicyclic) bond motifs is 2. The van der Waals surface area contributed by atoms with Crippen LogP contribution in [-0.4, -0.2) is 22.8 Å².